The van der Waals surface area contributed by atoms with E-state index >= 15 is 0 Å². The van der Waals surface area contributed by atoms with Gasteiger partial charge in [-0.15, -0.1) is 0 Å². The van der Waals surface area contributed by atoms with Crippen molar-refractivity contribution in [2.45, 2.75) is 6.54 Å². The van der Waals surface area contributed by atoms with Gasteiger partial charge in [-0.1, -0.05) is 22.9 Å². The van der Waals surface area contributed by atoms with E-state index in [9.17, 15) is 14.9 Å². The number of aliphatic carboxylic acids is 1. The molecule has 0 aliphatic rings. The minimum absolute atomic E-state index is 0.0383. The molecule has 0 unspecified atom stereocenters. The molecule has 0 amide bonds. The molecule has 0 saturated heterocycles. The number of thiophene rings is 1. The number of nitrogens with zero attached hydrogens (tertiary/aromatic N) is 2. The monoisotopic (exact) mass is 326 g/mol. The number of anilines is 1. The predicted molar refractivity (Wildman–Crippen MR) is 81.1 cm³/mol. The van der Waals surface area contributed by atoms with Gasteiger partial charge in [-0.3, -0.25) is 14.9 Å². The fourth-order valence-corrected chi connectivity index (χ4v) is 2.66. The third kappa shape index (κ3) is 4.17. The summed E-state index contributed by atoms with van der Waals surface area (Å²) in [5, 5.41) is 21.9. The van der Waals surface area contributed by atoms with Gasteiger partial charge in [-0.25, -0.2) is 0 Å². The van der Waals surface area contributed by atoms with Crippen molar-refractivity contribution in [2.75, 3.05) is 11.4 Å². The van der Waals surface area contributed by atoms with Crippen LogP contribution in [0.1, 0.15) is 5.56 Å². The summed E-state index contributed by atoms with van der Waals surface area (Å²) in [6, 6.07) is 8.22. The van der Waals surface area contributed by atoms with E-state index < -0.39 is 10.9 Å². The van der Waals surface area contributed by atoms with E-state index in [1.807, 2.05) is 0 Å². The number of carbonyl (C=O) groups is 1. The Bertz CT molecular complexity index is 656. The van der Waals surface area contributed by atoms with Gasteiger partial charge in [0.2, 0.25) is 0 Å². The molecule has 0 atom stereocenters. The summed E-state index contributed by atoms with van der Waals surface area (Å²) < 4.78 is 0. The highest BCUT2D eigenvalue weighted by Gasteiger charge is 2.15. The van der Waals surface area contributed by atoms with Crippen LogP contribution in [0.15, 0.2) is 35.7 Å². The van der Waals surface area contributed by atoms with Gasteiger partial charge < -0.3 is 10.0 Å². The van der Waals surface area contributed by atoms with Crippen molar-refractivity contribution in [3.05, 3.63) is 56.4 Å². The summed E-state index contributed by atoms with van der Waals surface area (Å²) in [4.78, 5) is 22.8. The third-order valence-electron chi connectivity index (χ3n) is 2.71. The molecule has 0 radical (unpaired) electrons. The Kier molecular flexibility index (Phi) is 4.77. The third-order valence-corrected chi connectivity index (χ3v) is 3.89. The molecule has 2 aromatic rings. The summed E-state index contributed by atoms with van der Waals surface area (Å²) in [7, 11) is 0. The fraction of sp³-hybridized carbons (Fsp3) is 0.154. The molecule has 0 bridgehead atoms. The number of halogens is 1. The Balaban J connectivity index is 2.21. The Labute approximate surface area is 129 Å². The fourth-order valence-electron chi connectivity index (χ4n) is 1.82. The molecule has 0 saturated carbocycles. The highest BCUT2D eigenvalue weighted by molar-refractivity contribution is 7.13. The average Bonchev–Trinajstić information content (AvgIpc) is 2.87. The molecule has 1 aromatic carbocycles. The second-order valence-electron chi connectivity index (χ2n) is 4.28. The first kappa shape index (κ1) is 15.3. The van der Waals surface area contributed by atoms with Crippen LogP contribution in [0.2, 0.25) is 5.02 Å². The Morgan fingerprint density at radius 2 is 2.05 bits per heavy atom. The zero-order chi connectivity index (χ0) is 15.4. The first-order chi connectivity index (χ1) is 9.95. The van der Waals surface area contributed by atoms with Gasteiger partial charge >= 0.3 is 11.0 Å². The molecule has 21 heavy (non-hydrogen) atoms. The SMILES string of the molecule is O=C(O)CN(Cc1csc([N+](=O)[O-])c1)c1ccc(Cl)cc1. The van der Waals surface area contributed by atoms with Gasteiger partial charge in [0.15, 0.2) is 0 Å². The Morgan fingerprint density at radius 1 is 1.38 bits per heavy atom. The lowest BCUT2D eigenvalue weighted by Crippen LogP contribution is -2.28. The molecule has 0 fully saturated rings. The first-order valence-electron chi connectivity index (χ1n) is 5.90. The quantitative estimate of drug-likeness (QED) is 0.649. The van der Waals surface area contributed by atoms with Gasteiger partial charge in [0.1, 0.15) is 6.54 Å². The van der Waals surface area contributed by atoms with Gasteiger partial charge in [0.05, 0.1) is 4.92 Å². The first-order valence-corrected chi connectivity index (χ1v) is 7.15. The zero-order valence-corrected chi connectivity index (χ0v) is 12.3. The number of carboxylic acids is 1. The Morgan fingerprint density at radius 3 is 2.57 bits per heavy atom. The lowest BCUT2D eigenvalue weighted by atomic mass is 10.2. The van der Waals surface area contributed by atoms with E-state index in [1.54, 1.807) is 34.5 Å². The van der Waals surface area contributed by atoms with Crippen LogP contribution in [-0.2, 0) is 11.3 Å². The summed E-state index contributed by atoms with van der Waals surface area (Å²) in [5.74, 6) is -0.977. The van der Waals surface area contributed by atoms with Crippen LogP contribution in [0.25, 0.3) is 0 Å². The van der Waals surface area contributed by atoms with Crippen LogP contribution >= 0.6 is 22.9 Å². The minimum atomic E-state index is -0.977. The molecule has 1 aromatic heterocycles. The van der Waals surface area contributed by atoms with Crippen LogP contribution in [0, 0.1) is 10.1 Å². The van der Waals surface area contributed by atoms with Crippen LogP contribution in [-0.4, -0.2) is 22.5 Å². The van der Waals surface area contributed by atoms with Crippen molar-refractivity contribution in [3.8, 4) is 0 Å². The number of hydrogen-bond donors (Lipinski definition) is 1. The molecule has 6 nitrogen and oxygen atoms in total. The summed E-state index contributed by atoms with van der Waals surface area (Å²) in [6.07, 6.45) is 0. The van der Waals surface area contributed by atoms with Crippen molar-refractivity contribution in [1.82, 2.24) is 0 Å². The van der Waals surface area contributed by atoms with E-state index in [0.717, 1.165) is 11.3 Å². The van der Waals surface area contributed by atoms with Gasteiger partial charge in [0.25, 0.3) is 0 Å². The van der Waals surface area contributed by atoms with Crippen molar-refractivity contribution in [2.24, 2.45) is 0 Å². The normalized spacial score (nSPS) is 10.3. The maximum absolute atomic E-state index is 11.0. The average molecular weight is 327 g/mol. The van der Waals surface area contributed by atoms with Gasteiger partial charge in [-0.05, 0) is 29.8 Å². The maximum Gasteiger partial charge on any atom is 0.324 e. The van der Waals surface area contributed by atoms with Crippen molar-refractivity contribution >= 4 is 39.6 Å². The minimum Gasteiger partial charge on any atom is -0.480 e. The molecule has 1 N–H and O–H groups in total. The molecule has 0 spiro atoms. The summed E-state index contributed by atoms with van der Waals surface area (Å²) in [6.45, 7) is 0.0730. The van der Waals surface area contributed by atoms with Crippen LogP contribution in [0.3, 0.4) is 0 Å². The second-order valence-corrected chi connectivity index (χ2v) is 5.60. The molecule has 2 rings (SSSR count). The van der Waals surface area contributed by atoms with Gasteiger partial charge in [-0.2, -0.15) is 0 Å². The smallest absolute Gasteiger partial charge is 0.324 e. The van der Waals surface area contributed by atoms with E-state index in [-0.39, 0.29) is 18.1 Å². The molecule has 110 valence electrons. The van der Waals surface area contributed by atoms with Crippen LogP contribution in [0.5, 0.6) is 0 Å². The lowest BCUT2D eigenvalue weighted by Gasteiger charge is -2.22. The molecule has 0 aliphatic carbocycles. The lowest BCUT2D eigenvalue weighted by molar-refractivity contribution is -0.380. The van der Waals surface area contributed by atoms with Crippen LogP contribution in [0.4, 0.5) is 10.7 Å². The van der Waals surface area contributed by atoms with Crippen LogP contribution < -0.4 is 4.90 Å². The molecule has 0 aliphatic heterocycles. The van der Waals surface area contributed by atoms with Crippen molar-refractivity contribution in [3.63, 3.8) is 0 Å². The highest BCUT2D eigenvalue weighted by atomic mass is 35.5. The maximum atomic E-state index is 11.0. The molecular weight excluding hydrogens is 316 g/mol. The Hall–Kier alpha value is -2.12. The number of rotatable bonds is 6. The van der Waals surface area contributed by atoms with Gasteiger partial charge in [0, 0.05) is 28.7 Å². The number of carboxylic acid groups (broad SMARTS) is 1. The predicted octanol–water partition coefficient (Wildman–Crippen LogP) is 3.40. The molecule has 1 heterocycles. The van der Waals surface area contributed by atoms with E-state index in [4.69, 9.17) is 16.7 Å². The summed E-state index contributed by atoms with van der Waals surface area (Å²) in [5.41, 5.74) is 1.39. The van der Waals surface area contributed by atoms with E-state index in [0.29, 0.717) is 16.3 Å². The van der Waals surface area contributed by atoms with E-state index in [2.05, 4.69) is 0 Å². The molecule has 8 heteroatoms. The highest BCUT2D eigenvalue weighted by Crippen LogP contribution is 2.26. The molecular formula is C13H11ClN2O4S. The largest absolute Gasteiger partial charge is 0.480 e. The number of nitro groups is 1. The second kappa shape index (κ2) is 6.55. The standard InChI is InChI=1S/C13H11ClN2O4S/c14-10-1-3-11(4-2-10)15(7-13(17)18)6-9-5-12(16(19)20)21-8-9/h1-5,8H,6-7H2,(H,17,18). The van der Waals surface area contributed by atoms with Crippen molar-refractivity contribution in [1.29, 1.82) is 0 Å². The summed E-state index contributed by atoms with van der Waals surface area (Å²) >= 11 is 6.83. The number of benzene rings is 1. The van der Waals surface area contributed by atoms with E-state index in [1.165, 1.54) is 6.07 Å². The zero-order valence-electron chi connectivity index (χ0n) is 10.7. The number of hydrogen-bond acceptors (Lipinski definition) is 5. The topological polar surface area (TPSA) is 83.7 Å². The van der Waals surface area contributed by atoms with Crippen molar-refractivity contribution < 1.29 is 14.8 Å².